The molecule has 0 amide bonds. The van der Waals surface area contributed by atoms with Crippen LogP contribution >= 0.6 is 0 Å². The van der Waals surface area contributed by atoms with Crippen molar-refractivity contribution in [2.45, 2.75) is 32.7 Å². The fourth-order valence-electron chi connectivity index (χ4n) is 2.16. The Hall–Kier alpha value is -1.87. The molecule has 1 unspecified atom stereocenters. The Morgan fingerprint density at radius 2 is 2.00 bits per heavy atom. The van der Waals surface area contributed by atoms with E-state index in [4.69, 9.17) is 4.74 Å². The highest BCUT2D eigenvalue weighted by molar-refractivity contribution is 5.41. The maximum atomic E-state index is 6.11. The van der Waals surface area contributed by atoms with Crippen molar-refractivity contribution in [1.29, 1.82) is 0 Å². The molecule has 0 aliphatic carbocycles. The highest BCUT2D eigenvalue weighted by Gasteiger charge is 2.12. The fraction of sp³-hybridized carbons (Fsp3) is 0.353. The first-order chi connectivity index (χ1) is 9.76. The molecule has 3 heteroatoms. The van der Waals surface area contributed by atoms with Gasteiger partial charge in [-0.05, 0) is 37.1 Å². The molecule has 0 aliphatic rings. The van der Waals surface area contributed by atoms with Crippen molar-refractivity contribution in [3.05, 3.63) is 53.9 Å². The summed E-state index contributed by atoms with van der Waals surface area (Å²) in [6, 6.07) is 10.2. The second kappa shape index (κ2) is 7.06. The minimum Gasteiger partial charge on any atom is -0.455 e. The maximum absolute atomic E-state index is 6.11. The van der Waals surface area contributed by atoms with Crippen LogP contribution in [-0.2, 0) is 6.54 Å². The van der Waals surface area contributed by atoms with Crippen LogP contribution in [0.1, 0.15) is 37.3 Å². The van der Waals surface area contributed by atoms with Crippen LogP contribution in [0.4, 0.5) is 0 Å². The number of para-hydroxylation sites is 1. The molecule has 0 spiro atoms. The van der Waals surface area contributed by atoms with Crippen LogP contribution in [-0.4, -0.2) is 12.0 Å². The van der Waals surface area contributed by atoms with Gasteiger partial charge in [0, 0.05) is 18.3 Å². The number of hydrogen-bond donors (Lipinski definition) is 1. The third kappa shape index (κ3) is 3.36. The quantitative estimate of drug-likeness (QED) is 0.857. The second-order valence-corrected chi connectivity index (χ2v) is 4.96. The Morgan fingerprint density at radius 3 is 2.75 bits per heavy atom. The monoisotopic (exact) mass is 270 g/mol. The third-order valence-electron chi connectivity index (χ3n) is 3.52. The first-order valence-corrected chi connectivity index (χ1v) is 7.10. The standard InChI is InChI=1S/C17H22N2O/c1-4-13(2)15-7-5-6-8-16(15)20-17-12-19-10-9-14(17)11-18-3/h5-10,12-13,18H,4,11H2,1-3H3. The summed E-state index contributed by atoms with van der Waals surface area (Å²) in [4.78, 5) is 4.17. The van der Waals surface area contributed by atoms with Gasteiger partial charge in [-0.3, -0.25) is 4.98 Å². The summed E-state index contributed by atoms with van der Waals surface area (Å²) >= 11 is 0. The molecular formula is C17H22N2O. The lowest BCUT2D eigenvalue weighted by atomic mass is 9.98. The summed E-state index contributed by atoms with van der Waals surface area (Å²) in [7, 11) is 1.93. The number of aromatic nitrogens is 1. The van der Waals surface area contributed by atoms with Gasteiger partial charge in [-0.25, -0.2) is 0 Å². The Balaban J connectivity index is 2.30. The Morgan fingerprint density at radius 1 is 1.20 bits per heavy atom. The molecule has 1 N–H and O–H groups in total. The van der Waals surface area contributed by atoms with Crippen LogP contribution in [0.5, 0.6) is 11.5 Å². The first kappa shape index (κ1) is 14.5. The van der Waals surface area contributed by atoms with Crippen molar-refractivity contribution in [2.75, 3.05) is 7.05 Å². The van der Waals surface area contributed by atoms with Crippen molar-refractivity contribution in [2.24, 2.45) is 0 Å². The van der Waals surface area contributed by atoms with Gasteiger partial charge in [0.2, 0.25) is 0 Å². The van der Waals surface area contributed by atoms with Gasteiger partial charge in [-0.15, -0.1) is 0 Å². The van der Waals surface area contributed by atoms with Crippen molar-refractivity contribution in [3.63, 3.8) is 0 Å². The lowest BCUT2D eigenvalue weighted by Crippen LogP contribution is -2.07. The van der Waals surface area contributed by atoms with Crippen LogP contribution < -0.4 is 10.1 Å². The average Bonchev–Trinajstić information content (AvgIpc) is 2.49. The smallest absolute Gasteiger partial charge is 0.150 e. The normalized spacial score (nSPS) is 12.2. The van der Waals surface area contributed by atoms with E-state index < -0.39 is 0 Å². The zero-order chi connectivity index (χ0) is 14.4. The van der Waals surface area contributed by atoms with Crippen molar-refractivity contribution >= 4 is 0 Å². The van der Waals surface area contributed by atoms with E-state index in [2.05, 4.69) is 36.3 Å². The Bertz CT molecular complexity index is 554. The van der Waals surface area contributed by atoms with Crippen molar-refractivity contribution in [3.8, 4) is 11.5 Å². The van der Waals surface area contributed by atoms with E-state index in [9.17, 15) is 0 Å². The third-order valence-corrected chi connectivity index (χ3v) is 3.52. The highest BCUT2D eigenvalue weighted by atomic mass is 16.5. The summed E-state index contributed by atoms with van der Waals surface area (Å²) in [6.07, 6.45) is 4.66. The van der Waals surface area contributed by atoms with Gasteiger partial charge < -0.3 is 10.1 Å². The fourth-order valence-corrected chi connectivity index (χ4v) is 2.16. The van der Waals surface area contributed by atoms with Gasteiger partial charge in [-0.1, -0.05) is 32.0 Å². The SMILES string of the molecule is CCC(C)c1ccccc1Oc1cnccc1CNC. The summed E-state index contributed by atoms with van der Waals surface area (Å²) in [5, 5.41) is 3.15. The number of hydrogen-bond acceptors (Lipinski definition) is 3. The molecule has 0 bridgehead atoms. The van der Waals surface area contributed by atoms with E-state index in [0.717, 1.165) is 30.0 Å². The summed E-state index contributed by atoms with van der Waals surface area (Å²) in [6.45, 7) is 5.18. The predicted octanol–water partition coefficient (Wildman–Crippen LogP) is 4.11. The molecule has 0 fully saturated rings. The van der Waals surface area contributed by atoms with Crippen LogP contribution in [0.15, 0.2) is 42.7 Å². The zero-order valence-corrected chi connectivity index (χ0v) is 12.4. The lowest BCUT2D eigenvalue weighted by Gasteiger charge is -2.16. The Labute approximate surface area is 121 Å². The molecule has 20 heavy (non-hydrogen) atoms. The molecule has 1 aromatic carbocycles. The molecule has 3 nitrogen and oxygen atoms in total. The number of pyridine rings is 1. The second-order valence-electron chi connectivity index (χ2n) is 4.96. The largest absolute Gasteiger partial charge is 0.455 e. The van der Waals surface area contributed by atoms with E-state index in [1.54, 1.807) is 12.4 Å². The van der Waals surface area contributed by atoms with Gasteiger partial charge in [0.1, 0.15) is 11.5 Å². The minimum absolute atomic E-state index is 0.482. The van der Waals surface area contributed by atoms with Gasteiger partial charge in [0.15, 0.2) is 0 Å². The van der Waals surface area contributed by atoms with Crippen molar-refractivity contribution in [1.82, 2.24) is 10.3 Å². The van der Waals surface area contributed by atoms with Gasteiger partial charge in [0.05, 0.1) is 6.20 Å². The van der Waals surface area contributed by atoms with E-state index in [0.29, 0.717) is 5.92 Å². The molecule has 1 atom stereocenters. The molecule has 0 saturated carbocycles. The number of rotatable bonds is 6. The number of nitrogens with zero attached hydrogens (tertiary/aromatic N) is 1. The topological polar surface area (TPSA) is 34.1 Å². The van der Waals surface area contributed by atoms with Gasteiger partial charge >= 0.3 is 0 Å². The maximum Gasteiger partial charge on any atom is 0.150 e. The van der Waals surface area contributed by atoms with E-state index >= 15 is 0 Å². The summed E-state index contributed by atoms with van der Waals surface area (Å²) < 4.78 is 6.11. The highest BCUT2D eigenvalue weighted by Crippen LogP contribution is 2.32. The average molecular weight is 270 g/mol. The molecule has 2 rings (SSSR count). The first-order valence-electron chi connectivity index (χ1n) is 7.10. The number of benzene rings is 1. The van der Waals surface area contributed by atoms with Gasteiger partial charge in [-0.2, -0.15) is 0 Å². The van der Waals surface area contributed by atoms with E-state index in [1.165, 1.54) is 5.56 Å². The minimum atomic E-state index is 0.482. The van der Waals surface area contributed by atoms with Crippen molar-refractivity contribution < 1.29 is 4.74 Å². The number of ether oxygens (including phenoxy) is 1. The molecule has 0 saturated heterocycles. The lowest BCUT2D eigenvalue weighted by molar-refractivity contribution is 0.460. The van der Waals surface area contributed by atoms with Gasteiger partial charge in [0.25, 0.3) is 0 Å². The zero-order valence-electron chi connectivity index (χ0n) is 12.4. The molecule has 106 valence electrons. The van der Waals surface area contributed by atoms with E-state index in [-0.39, 0.29) is 0 Å². The molecular weight excluding hydrogens is 248 g/mol. The Kier molecular flexibility index (Phi) is 5.13. The van der Waals surface area contributed by atoms with Crippen LogP contribution in [0.2, 0.25) is 0 Å². The molecule has 2 aromatic rings. The molecule has 0 radical (unpaired) electrons. The molecule has 0 aliphatic heterocycles. The van der Waals surface area contributed by atoms with Crippen LogP contribution in [0.3, 0.4) is 0 Å². The summed E-state index contributed by atoms with van der Waals surface area (Å²) in [5.74, 6) is 2.22. The number of nitrogens with one attached hydrogen (secondary N) is 1. The predicted molar refractivity (Wildman–Crippen MR) is 82.2 cm³/mol. The van der Waals surface area contributed by atoms with E-state index in [1.807, 2.05) is 25.2 Å². The van der Waals surface area contributed by atoms with Crippen LogP contribution in [0, 0.1) is 0 Å². The molecule has 1 heterocycles. The molecule has 1 aromatic heterocycles. The van der Waals surface area contributed by atoms with Crippen LogP contribution in [0.25, 0.3) is 0 Å². The summed E-state index contributed by atoms with van der Waals surface area (Å²) in [5.41, 5.74) is 2.36.